The molecule has 2 aromatic rings. The molecule has 0 unspecified atom stereocenters. The second-order valence-electron chi connectivity index (χ2n) is 2.67. The molecule has 0 atom stereocenters. The zero-order valence-corrected chi connectivity index (χ0v) is 9.22. The van der Waals surface area contributed by atoms with E-state index in [9.17, 15) is 4.79 Å². The van der Waals surface area contributed by atoms with Crippen LogP contribution in [0.4, 0.5) is 0 Å². The van der Waals surface area contributed by atoms with Gasteiger partial charge in [-0.2, -0.15) is 0 Å². The van der Waals surface area contributed by atoms with E-state index >= 15 is 0 Å². The van der Waals surface area contributed by atoms with Crippen LogP contribution >= 0.6 is 22.9 Å². The Morgan fingerprint density at radius 2 is 2.00 bits per heavy atom. The third-order valence-electron chi connectivity index (χ3n) is 1.77. The van der Waals surface area contributed by atoms with Crippen molar-refractivity contribution in [2.45, 2.75) is 0 Å². The molecule has 2 rings (SSSR count). The van der Waals surface area contributed by atoms with Gasteiger partial charge in [-0.1, -0.05) is 12.1 Å². The number of hydrogen-bond donors (Lipinski definition) is 1. The lowest BCUT2D eigenvalue weighted by atomic mass is 10.3. The second kappa shape index (κ2) is 3.87. The highest BCUT2D eigenvalue weighted by atomic mass is 127. The van der Waals surface area contributed by atoms with Gasteiger partial charge in [0.1, 0.15) is 5.69 Å². The standard InChI is InChI=1S/C9H6IN3O/c10-13-9(14)8-5-11-6-3-1-2-4-7(6)12-8/h1-5H,(H,13,14). The van der Waals surface area contributed by atoms with Crippen molar-refractivity contribution in [3.05, 3.63) is 36.2 Å². The molecule has 0 aliphatic rings. The first-order valence-electron chi connectivity index (χ1n) is 3.94. The van der Waals surface area contributed by atoms with Crippen LogP contribution in [0.3, 0.4) is 0 Å². The summed E-state index contributed by atoms with van der Waals surface area (Å²) in [4.78, 5) is 19.5. The molecule has 5 heteroatoms. The Bertz CT molecular complexity index is 486. The van der Waals surface area contributed by atoms with Gasteiger partial charge < -0.3 is 0 Å². The number of benzene rings is 1. The summed E-state index contributed by atoms with van der Waals surface area (Å²) in [7, 11) is 0. The number of nitrogens with one attached hydrogen (secondary N) is 1. The average molecular weight is 299 g/mol. The van der Waals surface area contributed by atoms with Crippen LogP contribution in [0.5, 0.6) is 0 Å². The van der Waals surface area contributed by atoms with Crippen LogP contribution < -0.4 is 3.53 Å². The highest BCUT2D eigenvalue weighted by Crippen LogP contribution is 2.08. The highest BCUT2D eigenvalue weighted by Gasteiger charge is 2.06. The summed E-state index contributed by atoms with van der Waals surface area (Å²) in [5.41, 5.74) is 1.85. The van der Waals surface area contributed by atoms with Crippen molar-refractivity contribution in [2.75, 3.05) is 0 Å². The van der Waals surface area contributed by atoms with Gasteiger partial charge in [-0.15, -0.1) is 0 Å². The average Bonchev–Trinajstić information content (AvgIpc) is 2.27. The van der Waals surface area contributed by atoms with Crippen LogP contribution in [0, 0.1) is 0 Å². The quantitative estimate of drug-likeness (QED) is 0.644. The van der Waals surface area contributed by atoms with Gasteiger partial charge in [-0.25, -0.2) is 4.98 Å². The van der Waals surface area contributed by atoms with Crippen LogP contribution in [-0.4, -0.2) is 15.9 Å². The van der Waals surface area contributed by atoms with Crippen molar-refractivity contribution in [1.82, 2.24) is 13.5 Å². The molecule has 0 spiro atoms. The zero-order chi connectivity index (χ0) is 9.97. The number of hydrogen-bond acceptors (Lipinski definition) is 3. The van der Waals surface area contributed by atoms with Gasteiger partial charge in [-0.05, 0) is 12.1 Å². The summed E-state index contributed by atoms with van der Waals surface area (Å²) < 4.78 is 2.47. The predicted molar refractivity (Wildman–Crippen MR) is 61.0 cm³/mol. The maximum Gasteiger partial charge on any atom is 0.280 e. The van der Waals surface area contributed by atoms with E-state index in [1.165, 1.54) is 6.20 Å². The number of para-hydroxylation sites is 2. The molecular weight excluding hydrogens is 293 g/mol. The molecule has 14 heavy (non-hydrogen) atoms. The molecule has 0 aliphatic carbocycles. The summed E-state index contributed by atoms with van der Waals surface area (Å²) in [6, 6.07) is 7.43. The number of nitrogens with zero attached hydrogens (tertiary/aromatic N) is 2. The van der Waals surface area contributed by atoms with E-state index in [-0.39, 0.29) is 5.91 Å². The van der Waals surface area contributed by atoms with E-state index < -0.39 is 0 Å². The van der Waals surface area contributed by atoms with Gasteiger partial charge in [0.15, 0.2) is 0 Å². The topological polar surface area (TPSA) is 54.9 Å². The molecule has 0 bridgehead atoms. The minimum absolute atomic E-state index is 0.233. The zero-order valence-electron chi connectivity index (χ0n) is 7.07. The summed E-state index contributed by atoms with van der Waals surface area (Å²) in [6.07, 6.45) is 1.47. The minimum Gasteiger partial charge on any atom is -0.293 e. The Labute approximate surface area is 94.2 Å². The lowest BCUT2D eigenvalue weighted by Crippen LogP contribution is -2.13. The molecule has 1 aromatic carbocycles. The summed E-state index contributed by atoms with van der Waals surface area (Å²) in [5.74, 6) is -0.233. The maximum atomic E-state index is 11.2. The normalized spacial score (nSPS) is 10.1. The first-order chi connectivity index (χ1) is 6.81. The van der Waals surface area contributed by atoms with Gasteiger partial charge in [0, 0.05) is 0 Å². The minimum atomic E-state index is -0.233. The summed E-state index contributed by atoms with van der Waals surface area (Å²) >= 11 is 1.77. The van der Waals surface area contributed by atoms with Gasteiger partial charge >= 0.3 is 0 Å². The number of rotatable bonds is 1. The van der Waals surface area contributed by atoms with Crippen molar-refractivity contribution < 1.29 is 4.79 Å². The van der Waals surface area contributed by atoms with E-state index in [2.05, 4.69) is 13.5 Å². The fraction of sp³-hybridized carbons (Fsp3) is 0. The van der Waals surface area contributed by atoms with Gasteiger partial charge in [0.2, 0.25) is 0 Å². The van der Waals surface area contributed by atoms with Crippen molar-refractivity contribution in [3.63, 3.8) is 0 Å². The molecule has 1 N–H and O–H groups in total. The molecule has 0 aliphatic heterocycles. The van der Waals surface area contributed by atoms with Gasteiger partial charge in [0.25, 0.3) is 5.91 Å². The number of carbonyl (C=O) groups is 1. The van der Waals surface area contributed by atoms with Crippen LogP contribution in [0.25, 0.3) is 11.0 Å². The Morgan fingerprint density at radius 1 is 1.29 bits per heavy atom. The molecule has 1 aromatic heterocycles. The third-order valence-corrected chi connectivity index (χ3v) is 2.26. The van der Waals surface area contributed by atoms with Gasteiger partial charge in [0.05, 0.1) is 40.1 Å². The first kappa shape index (κ1) is 9.32. The van der Waals surface area contributed by atoms with Crippen molar-refractivity contribution in [1.29, 1.82) is 0 Å². The Kier molecular flexibility index (Phi) is 2.58. The predicted octanol–water partition coefficient (Wildman–Crippen LogP) is 1.71. The lowest BCUT2D eigenvalue weighted by Gasteiger charge is -1.99. The van der Waals surface area contributed by atoms with Crippen LogP contribution in [0.1, 0.15) is 10.5 Å². The van der Waals surface area contributed by atoms with Crippen molar-refractivity contribution in [3.8, 4) is 0 Å². The molecule has 0 radical (unpaired) electrons. The lowest BCUT2D eigenvalue weighted by molar-refractivity contribution is 0.0985. The fourth-order valence-electron chi connectivity index (χ4n) is 1.12. The Morgan fingerprint density at radius 3 is 2.71 bits per heavy atom. The second-order valence-corrected chi connectivity index (χ2v) is 3.21. The number of carbonyl (C=O) groups excluding carboxylic acids is 1. The molecule has 1 heterocycles. The van der Waals surface area contributed by atoms with Crippen molar-refractivity contribution in [2.24, 2.45) is 0 Å². The van der Waals surface area contributed by atoms with E-state index in [1.54, 1.807) is 22.9 Å². The molecule has 1 amide bonds. The number of aromatic nitrogens is 2. The smallest absolute Gasteiger partial charge is 0.280 e. The Balaban J connectivity index is 2.56. The number of amides is 1. The molecule has 0 saturated carbocycles. The van der Waals surface area contributed by atoms with E-state index in [1.807, 2.05) is 24.3 Å². The number of halogens is 1. The molecule has 4 nitrogen and oxygen atoms in total. The van der Waals surface area contributed by atoms with E-state index in [0.29, 0.717) is 5.69 Å². The van der Waals surface area contributed by atoms with Crippen LogP contribution in [0.2, 0.25) is 0 Å². The molecule has 0 saturated heterocycles. The first-order valence-corrected chi connectivity index (χ1v) is 5.02. The molecular formula is C9H6IN3O. The van der Waals surface area contributed by atoms with E-state index in [4.69, 9.17) is 0 Å². The fourth-order valence-corrected chi connectivity index (χ4v) is 1.39. The monoisotopic (exact) mass is 299 g/mol. The van der Waals surface area contributed by atoms with E-state index in [0.717, 1.165) is 11.0 Å². The van der Waals surface area contributed by atoms with Crippen LogP contribution in [-0.2, 0) is 0 Å². The molecule has 0 fully saturated rings. The molecule has 70 valence electrons. The Hall–Kier alpha value is -1.24. The van der Waals surface area contributed by atoms with Crippen molar-refractivity contribution >= 4 is 39.8 Å². The van der Waals surface area contributed by atoms with Gasteiger partial charge in [-0.3, -0.25) is 13.3 Å². The summed E-state index contributed by atoms with van der Waals surface area (Å²) in [6.45, 7) is 0. The van der Waals surface area contributed by atoms with Crippen LogP contribution in [0.15, 0.2) is 30.5 Å². The highest BCUT2D eigenvalue weighted by molar-refractivity contribution is 14.1. The third kappa shape index (κ3) is 1.67. The number of fused-ring (bicyclic) bond motifs is 1. The SMILES string of the molecule is O=C(NI)c1cnc2ccccc2n1. The largest absolute Gasteiger partial charge is 0.293 e. The maximum absolute atomic E-state index is 11.2. The summed E-state index contributed by atoms with van der Waals surface area (Å²) in [5, 5.41) is 0.